The Morgan fingerprint density at radius 1 is 1.23 bits per heavy atom. The van der Waals surface area contributed by atoms with Crippen LogP contribution in [0.4, 0.5) is 0 Å². The van der Waals surface area contributed by atoms with Crippen LogP contribution in [0.2, 0.25) is 0 Å². The Hall–Kier alpha value is -0.300. The first-order valence-corrected chi connectivity index (χ1v) is 5.69. The average molecular weight is 181 g/mol. The van der Waals surface area contributed by atoms with E-state index in [4.69, 9.17) is 0 Å². The molecule has 1 rings (SSSR count). The summed E-state index contributed by atoms with van der Waals surface area (Å²) in [6, 6.07) is 0.607. The van der Waals surface area contributed by atoms with Gasteiger partial charge in [-0.1, -0.05) is 45.3 Å². The van der Waals surface area contributed by atoms with Gasteiger partial charge >= 0.3 is 0 Å². The van der Waals surface area contributed by atoms with E-state index >= 15 is 0 Å². The molecule has 0 aromatic rings. The van der Waals surface area contributed by atoms with Gasteiger partial charge in [0.05, 0.1) is 0 Å². The highest BCUT2D eigenvalue weighted by Gasteiger charge is 2.08. The molecule has 0 atom stereocenters. The van der Waals surface area contributed by atoms with E-state index in [1.54, 1.807) is 0 Å². The largest absolute Gasteiger partial charge is 0.311 e. The van der Waals surface area contributed by atoms with Crippen LogP contribution in [-0.2, 0) is 0 Å². The first-order chi connectivity index (χ1) is 6.29. The molecule has 0 heterocycles. The predicted octanol–water partition coefficient (Wildman–Crippen LogP) is 3.12. The number of nitrogens with one attached hydrogen (secondary N) is 1. The fourth-order valence-electron chi connectivity index (χ4n) is 1.89. The second-order valence-corrected chi connectivity index (χ2v) is 4.39. The van der Waals surface area contributed by atoms with E-state index in [1.165, 1.54) is 32.1 Å². The van der Waals surface area contributed by atoms with Crippen molar-refractivity contribution in [2.24, 2.45) is 5.92 Å². The van der Waals surface area contributed by atoms with Crippen LogP contribution in [0.1, 0.15) is 46.0 Å². The van der Waals surface area contributed by atoms with Crippen molar-refractivity contribution in [3.05, 3.63) is 12.2 Å². The molecule has 0 spiro atoms. The van der Waals surface area contributed by atoms with Crippen LogP contribution in [0.25, 0.3) is 0 Å². The average Bonchev–Trinajstić information content (AvgIpc) is 2.14. The molecule has 1 nitrogen and oxygen atoms in total. The lowest BCUT2D eigenvalue weighted by Crippen LogP contribution is -2.22. The zero-order valence-electron chi connectivity index (χ0n) is 9.05. The van der Waals surface area contributed by atoms with Crippen LogP contribution < -0.4 is 5.32 Å². The highest BCUT2D eigenvalue weighted by atomic mass is 14.9. The molecule has 0 amide bonds. The summed E-state index contributed by atoms with van der Waals surface area (Å²) in [4.78, 5) is 0. The SMILES string of the molecule is CC(C)NCC=CC1CCCCC1. The van der Waals surface area contributed by atoms with Gasteiger partial charge in [0, 0.05) is 12.6 Å². The van der Waals surface area contributed by atoms with E-state index in [2.05, 4.69) is 31.3 Å². The number of allylic oxidation sites excluding steroid dienone is 1. The van der Waals surface area contributed by atoms with Crippen molar-refractivity contribution in [3.63, 3.8) is 0 Å². The molecule has 0 saturated heterocycles. The second-order valence-electron chi connectivity index (χ2n) is 4.39. The van der Waals surface area contributed by atoms with Crippen molar-refractivity contribution in [2.75, 3.05) is 6.54 Å². The molecule has 13 heavy (non-hydrogen) atoms. The van der Waals surface area contributed by atoms with E-state index in [-0.39, 0.29) is 0 Å². The van der Waals surface area contributed by atoms with Gasteiger partial charge in [0.2, 0.25) is 0 Å². The molecule has 0 aromatic carbocycles. The van der Waals surface area contributed by atoms with Crippen molar-refractivity contribution in [3.8, 4) is 0 Å². The van der Waals surface area contributed by atoms with Crippen molar-refractivity contribution < 1.29 is 0 Å². The van der Waals surface area contributed by atoms with E-state index in [0.29, 0.717) is 6.04 Å². The Bertz CT molecular complexity index is 143. The Kier molecular flexibility index (Phi) is 5.14. The summed E-state index contributed by atoms with van der Waals surface area (Å²) in [5.74, 6) is 0.878. The van der Waals surface area contributed by atoms with Crippen molar-refractivity contribution in [2.45, 2.75) is 52.0 Å². The van der Waals surface area contributed by atoms with Crippen LogP contribution >= 0.6 is 0 Å². The highest BCUT2D eigenvalue weighted by molar-refractivity contribution is 4.91. The van der Waals surface area contributed by atoms with Crippen LogP contribution in [-0.4, -0.2) is 12.6 Å². The molecule has 0 unspecified atom stereocenters. The lowest BCUT2D eigenvalue weighted by molar-refractivity contribution is 0.418. The van der Waals surface area contributed by atoms with Crippen LogP contribution in [0, 0.1) is 5.92 Å². The monoisotopic (exact) mass is 181 g/mol. The molecule has 1 N–H and O–H groups in total. The van der Waals surface area contributed by atoms with E-state index in [9.17, 15) is 0 Å². The normalized spacial score (nSPS) is 20.2. The Labute approximate surface area is 82.6 Å². The van der Waals surface area contributed by atoms with Crippen molar-refractivity contribution in [1.82, 2.24) is 5.32 Å². The van der Waals surface area contributed by atoms with Crippen LogP contribution in [0.15, 0.2) is 12.2 Å². The molecule has 1 saturated carbocycles. The Morgan fingerprint density at radius 3 is 2.54 bits per heavy atom. The third-order valence-corrected chi connectivity index (χ3v) is 2.70. The summed E-state index contributed by atoms with van der Waals surface area (Å²) in [7, 11) is 0. The fourth-order valence-corrected chi connectivity index (χ4v) is 1.89. The molecule has 0 bridgehead atoms. The van der Waals surface area contributed by atoms with E-state index in [0.717, 1.165) is 12.5 Å². The first kappa shape index (κ1) is 10.8. The molecule has 0 aliphatic heterocycles. The van der Waals surface area contributed by atoms with Gasteiger partial charge in [0.25, 0.3) is 0 Å². The maximum absolute atomic E-state index is 3.40. The Balaban J connectivity index is 2.07. The highest BCUT2D eigenvalue weighted by Crippen LogP contribution is 2.24. The molecule has 76 valence electrons. The van der Waals surface area contributed by atoms with E-state index < -0.39 is 0 Å². The van der Waals surface area contributed by atoms with Gasteiger partial charge in [-0.25, -0.2) is 0 Å². The van der Waals surface area contributed by atoms with Gasteiger partial charge in [-0.2, -0.15) is 0 Å². The minimum atomic E-state index is 0.607. The molecule has 0 radical (unpaired) electrons. The number of hydrogen-bond donors (Lipinski definition) is 1. The topological polar surface area (TPSA) is 12.0 Å². The molecular weight excluding hydrogens is 158 g/mol. The molecule has 1 heteroatoms. The quantitative estimate of drug-likeness (QED) is 0.657. The standard InChI is InChI=1S/C12H23N/c1-11(2)13-10-6-9-12-7-4-3-5-8-12/h6,9,11-13H,3-5,7-8,10H2,1-2H3. The predicted molar refractivity (Wildman–Crippen MR) is 58.9 cm³/mol. The summed E-state index contributed by atoms with van der Waals surface area (Å²) in [6.45, 7) is 5.41. The maximum Gasteiger partial charge on any atom is 0.0137 e. The molecule has 0 aromatic heterocycles. The molecular formula is C12H23N. The zero-order chi connectivity index (χ0) is 9.52. The van der Waals surface area contributed by atoms with Gasteiger partial charge in [0.15, 0.2) is 0 Å². The number of hydrogen-bond acceptors (Lipinski definition) is 1. The third kappa shape index (κ3) is 5.09. The smallest absolute Gasteiger partial charge is 0.0137 e. The summed E-state index contributed by atoms with van der Waals surface area (Å²) >= 11 is 0. The first-order valence-electron chi connectivity index (χ1n) is 5.69. The lowest BCUT2D eigenvalue weighted by atomic mass is 9.89. The van der Waals surface area contributed by atoms with E-state index in [1.807, 2.05) is 0 Å². The maximum atomic E-state index is 3.40. The van der Waals surface area contributed by atoms with Gasteiger partial charge in [-0.15, -0.1) is 0 Å². The van der Waals surface area contributed by atoms with Crippen LogP contribution in [0.5, 0.6) is 0 Å². The lowest BCUT2D eigenvalue weighted by Gasteiger charge is -2.17. The summed E-state index contributed by atoms with van der Waals surface area (Å²) in [6.07, 6.45) is 11.9. The summed E-state index contributed by atoms with van der Waals surface area (Å²) < 4.78 is 0. The summed E-state index contributed by atoms with van der Waals surface area (Å²) in [5, 5.41) is 3.40. The Morgan fingerprint density at radius 2 is 1.92 bits per heavy atom. The minimum absolute atomic E-state index is 0.607. The minimum Gasteiger partial charge on any atom is -0.311 e. The van der Waals surface area contributed by atoms with Crippen molar-refractivity contribution in [1.29, 1.82) is 0 Å². The molecule has 1 aliphatic rings. The van der Waals surface area contributed by atoms with Crippen molar-refractivity contribution >= 4 is 0 Å². The third-order valence-electron chi connectivity index (χ3n) is 2.70. The van der Waals surface area contributed by atoms with Gasteiger partial charge < -0.3 is 5.32 Å². The van der Waals surface area contributed by atoms with Gasteiger partial charge in [-0.3, -0.25) is 0 Å². The fraction of sp³-hybridized carbons (Fsp3) is 0.833. The number of rotatable bonds is 4. The molecule has 1 aliphatic carbocycles. The zero-order valence-corrected chi connectivity index (χ0v) is 9.05. The molecule has 1 fully saturated rings. The van der Waals surface area contributed by atoms with Crippen LogP contribution in [0.3, 0.4) is 0 Å². The summed E-state index contributed by atoms with van der Waals surface area (Å²) in [5.41, 5.74) is 0. The van der Waals surface area contributed by atoms with Gasteiger partial charge in [-0.05, 0) is 18.8 Å². The second kappa shape index (κ2) is 6.20. The van der Waals surface area contributed by atoms with Gasteiger partial charge in [0.1, 0.15) is 0 Å².